The summed E-state index contributed by atoms with van der Waals surface area (Å²) in [5.74, 6) is 0.303. The molecule has 1 aromatic rings. The predicted octanol–water partition coefficient (Wildman–Crippen LogP) is 1.54. The molecular formula is C15H22N2O2. The molecular weight excluding hydrogens is 240 g/mol. The first-order chi connectivity index (χ1) is 9.16. The molecule has 4 nitrogen and oxygen atoms in total. The zero-order valence-electron chi connectivity index (χ0n) is 11.4. The van der Waals surface area contributed by atoms with Gasteiger partial charge in [-0.05, 0) is 31.2 Å². The Morgan fingerprint density at radius 3 is 2.84 bits per heavy atom. The number of aryl methyl sites for hydroxylation is 1. The smallest absolute Gasteiger partial charge is 0.241 e. The zero-order chi connectivity index (χ0) is 13.7. The van der Waals surface area contributed by atoms with Crippen LogP contribution in [0.3, 0.4) is 0 Å². The van der Waals surface area contributed by atoms with E-state index in [0.29, 0.717) is 12.5 Å². The van der Waals surface area contributed by atoms with Gasteiger partial charge in [-0.25, -0.2) is 0 Å². The zero-order valence-corrected chi connectivity index (χ0v) is 11.4. The minimum atomic E-state index is -0.592. The van der Waals surface area contributed by atoms with E-state index in [2.05, 4.69) is 5.32 Å². The van der Waals surface area contributed by atoms with Crippen molar-refractivity contribution >= 4 is 5.91 Å². The lowest BCUT2D eigenvalue weighted by atomic mass is 10.0. The summed E-state index contributed by atoms with van der Waals surface area (Å²) in [5.41, 5.74) is 7.97. The molecule has 1 aliphatic rings. The Morgan fingerprint density at radius 1 is 1.47 bits per heavy atom. The second kappa shape index (κ2) is 6.68. The summed E-state index contributed by atoms with van der Waals surface area (Å²) in [7, 11) is 0. The number of rotatable bonds is 4. The van der Waals surface area contributed by atoms with Crippen LogP contribution in [0.25, 0.3) is 0 Å². The van der Waals surface area contributed by atoms with Crippen molar-refractivity contribution in [3.8, 4) is 0 Å². The van der Waals surface area contributed by atoms with E-state index in [1.54, 1.807) is 0 Å². The lowest BCUT2D eigenvalue weighted by Gasteiger charge is -2.23. The van der Waals surface area contributed by atoms with Crippen LogP contribution in [-0.2, 0) is 9.53 Å². The van der Waals surface area contributed by atoms with Gasteiger partial charge in [0, 0.05) is 13.2 Å². The quantitative estimate of drug-likeness (QED) is 0.865. The van der Waals surface area contributed by atoms with Crippen molar-refractivity contribution in [3.05, 3.63) is 35.4 Å². The van der Waals surface area contributed by atoms with Crippen molar-refractivity contribution in [2.24, 2.45) is 11.7 Å². The molecule has 1 fully saturated rings. The van der Waals surface area contributed by atoms with E-state index in [-0.39, 0.29) is 5.91 Å². The number of hydrogen-bond acceptors (Lipinski definition) is 3. The third-order valence-corrected chi connectivity index (χ3v) is 3.54. The first kappa shape index (κ1) is 14.0. The Hall–Kier alpha value is -1.39. The van der Waals surface area contributed by atoms with Gasteiger partial charge in [0.25, 0.3) is 0 Å². The molecule has 3 N–H and O–H groups in total. The average Bonchev–Trinajstić information content (AvgIpc) is 2.46. The topological polar surface area (TPSA) is 64.4 Å². The van der Waals surface area contributed by atoms with Gasteiger partial charge in [-0.15, -0.1) is 0 Å². The van der Waals surface area contributed by atoms with E-state index in [9.17, 15) is 4.79 Å². The number of nitrogens with two attached hydrogens (primary N) is 1. The highest BCUT2D eigenvalue weighted by Crippen LogP contribution is 2.14. The fourth-order valence-electron chi connectivity index (χ4n) is 2.25. The van der Waals surface area contributed by atoms with E-state index in [0.717, 1.165) is 37.2 Å². The first-order valence-electron chi connectivity index (χ1n) is 6.84. The summed E-state index contributed by atoms with van der Waals surface area (Å²) in [4.78, 5) is 12.0. The fraction of sp³-hybridized carbons (Fsp3) is 0.533. The SMILES string of the molecule is Cc1ccc(C(N)C(=O)NCC2CCCOC2)cc1. The summed E-state index contributed by atoms with van der Waals surface area (Å²) in [6.07, 6.45) is 2.19. The van der Waals surface area contributed by atoms with E-state index in [1.807, 2.05) is 31.2 Å². The van der Waals surface area contributed by atoms with Gasteiger partial charge in [0.15, 0.2) is 0 Å². The van der Waals surface area contributed by atoms with E-state index < -0.39 is 6.04 Å². The van der Waals surface area contributed by atoms with Crippen molar-refractivity contribution in [2.45, 2.75) is 25.8 Å². The van der Waals surface area contributed by atoms with Gasteiger partial charge < -0.3 is 15.8 Å². The molecule has 1 heterocycles. The molecule has 0 aromatic heterocycles. The highest BCUT2D eigenvalue weighted by Gasteiger charge is 2.18. The number of ether oxygens (including phenoxy) is 1. The predicted molar refractivity (Wildman–Crippen MR) is 74.7 cm³/mol. The number of carbonyl (C=O) groups excluding carboxylic acids is 1. The minimum absolute atomic E-state index is 0.116. The molecule has 19 heavy (non-hydrogen) atoms. The molecule has 2 rings (SSSR count). The summed E-state index contributed by atoms with van der Waals surface area (Å²) in [6.45, 7) is 4.24. The molecule has 1 amide bonds. The van der Waals surface area contributed by atoms with Crippen molar-refractivity contribution in [1.82, 2.24) is 5.32 Å². The minimum Gasteiger partial charge on any atom is -0.381 e. The van der Waals surface area contributed by atoms with Crippen LogP contribution in [0, 0.1) is 12.8 Å². The fourth-order valence-corrected chi connectivity index (χ4v) is 2.25. The van der Waals surface area contributed by atoms with Gasteiger partial charge in [0.2, 0.25) is 5.91 Å². The maximum Gasteiger partial charge on any atom is 0.241 e. The summed E-state index contributed by atoms with van der Waals surface area (Å²) in [6, 6.07) is 7.16. The molecule has 0 spiro atoms. The second-order valence-corrected chi connectivity index (χ2v) is 5.22. The standard InChI is InChI=1S/C15H22N2O2/c1-11-4-6-13(7-5-11)14(16)15(18)17-9-12-3-2-8-19-10-12/h4-7,12,14H,2-3,8-10,16H2,1H3,(H,17,18). The van der Waals surface area contributed by atoms with Crippen LogP contribution in [0.1, 0.15) is 30.0 Å². The number of nitrogens with one attached hydrogen (secondary N) is 1. The lowest BCUT2D eigenvalue weighted by Crippen LogP contribution is -2.38. The van der Waals surface area contributed by atoms with Crippen LogP contribution in [-0.4, -0.2) is 25.7 Å². The van der Waals surface area contributed by atoms with Gasteiger partial charge in [-0.3, -0.25) is 4.79 Å². The molecule has 1 saturated heterocycles. The maximum atomic E-state index is 12.0. The van der Waals surface area contributed by atoms with E-state index in [1.165, 1.54) is 0 Å². The third kappa shape index (κ3) is 4.04. The van der Waals surface area contributed by atoms with Crippen LogP contribution >= 0.6 is 0 Å². The molecule has 1 aliphatic heterocycles. The number of hydrogen-bond donors (Lipinski definition) is 2. The van der Waals surface area contributed by atoms with Gasteiger partial charge in [-0.1, -0.05) is 29.8 Å². The molecule has 104 valence electrons. The highest BCUT2D eigenvalue weighted by atomic mass is 16.5. The van der Waals surface area contributed by atoms with Gasteiger partial charge in [0.05, 0.1) is 6.61 Å². The summed E-state index contributed by atoms with van der Waals surface area (Å²) in [5, 5.41) is 2.92. The van der Waals surface area contributed by atoms with E-state index >= 15 is 0 Å². The first-order valence-corrected chi connectivity index (χ1v) is 6.84. The number of carbonyl (C=O) groups is 1. The Labute approximate surface area is 114 Å². The van der Waals surface area contributed by atoms with Crippen molar-refractivity contribution < 1.29 is 9.53 Å². The van der Waals surface area contributed by atoms with Gasteiger partial charge in [0.1, 0.15) is 6.04 Å². The molecule has 0 saturated carbocycles. The summed E-state index contributed by atoms with van der Waals surface area (Å²) >= 11 is 0. The molecule has 4 heteroatoms. The van der Waals surface area contributed by atoms with Crippen LogP contribution in [0.4, 0.5) is 0 Å². The monoisotopic (exact) mass is 262 g/mol. The molecule has 2 unspecified atom stereocenters. The van der Waals surface area contributed by atoms with Crippen LogP contribution in [0.5, 0.6) is 0 Å². The van der Waals surface area contributed by atoms with Gasteiger partial charge in [-0.2, -0.15) is 0 Å². The largest absolute Gasteiger partial charge is 0.381 e. The van der Waals surface area contributed by atoms with Crippen molar-refractivity contribution in [3.63, 3.8) is 0 Å². The molecule has 1 aromatic carbocycles. The van der Waals surface area contributed by atoms with Gasteiger partial charge >= 0.3 is 0 Å². The van der Waals surface area contributed by atoms with Crippen molar-refractivity contribution in [1.29, 1.82) is 0 Å². The maximum absolute atomic E-state index is 12.0. The Balaban J connectivity index is 1.83. The van der Waals surface area contributed by atoms with E-state index in [4.69, 9.17) is 10.5 Å². The number of benzene rings is 1. The highest BCUT2D eigenvalue weighted by molar-refractivity contribution is 5.82. The second-order valence-electron chi connectivity index (χ2n) is 5.22. The molecule has 0 aliphatic carbocycles. The Bertz CT molecular complexity index is 411. The lowest BCUT2D eigenvalue weighted by molar-refractivity contribution is -0.122. The molecule has 0 radical (unpaired) electrons. The Kier molecular flexibility index (Phi) is 4.93. The van der Waals surface area contributed by atoms with Crippen LogP contribution in [0.2, 0.25) is 0 Å². The number of amides is 1. The average molecular weight is 262 g/mol. The van der Waals surface area contributed by atoms with Crippen LogP contribution < -0.4 is 11.1 Å². The van der Waals surface area contributed by atoms with Crippen molar-refractivity contribution in [2.75, 3.05) is 19.8 Å². The normalized spacial score (nSPS) is 20.8. The summed E-state index contributed by atoms with van der Waals surface area (Å²) < 4.78 is 5.39. The molecule has 2 atom stereocenters. The molecule has 0 bridgehead atoms. The third-order valence-electron chi connectivity index (χ3n) is 3.54. The Morgan fingerprint density at radius 2 is 2.21 bits per heavy atom. The van der Waals surface area contributed by atoms with Crippen LogP contribution in [0.15, 0.2) is 24.3 Å².